The zero-order valence-corrected chi connectivity index (χ0v) is 14.9. The fraction of sp³-hybridized carbons (Fsp3) is 0.333. The maximum atomic E-state index is 12.0. The normalized spacial score (nSPS) is 19.4. The number of urea groups is 1. The van der Waals surface area contributed by atoms with Gasteiger partial charge in [0.25, 0.3) is 0 Å². The van der Waals surface area contributed by atoms with Gasteiger partial charge in [-0.2, -0.15) is 0 Å². The largest absolute Gasteiger partial charge is 0.469 e. The number of benzene rings is 2. The van der Waals surface area contributed by atoms with Crippen LogP contribution in [-0.4, -0.2) is 19.1 Å². The Balaban J connectivity index is 1.52. The van der Waals surface area contributed by atoms with Crippen LogP contribution in [0.3, 0.4) is 0 Å². The van der Waals surface area contributed by atoms with Gasteiger partial charge >= 0.3 is 12.0 Å². The van der Waals surface area contributed by atoms with Gasteiger partial charge in [-0.1, -0.05) is 30.3 Å². The van der Waals surface area contributed by atoms with Crippen molar-refractivity contribution in [1.29, 1.82) is 0 Å². The summed E-state index contributed by atoms with van der Waals surface area (Å²) in [7, 11) is 1.45. The third-order valence-corrected chi connectivity index (χ3v) is 4.93. The molecule has 3 rings (SSSR count). The molecule has 1 fully saturated rings. The molecule has 1 saturated carbocycles. The Morgan fingerprint density at radius 2 is 1.42 bits per heavy atom. The number of hydrogen-bond donors (Lipinski definition) is 2. The maximum absolute atomic E-state index is 12.0. The highest BCUT2D eigenvalue weighted by Gasteiger charge is 2.27. The van der Waals surface area contributed by atoms with Crippen LogP contribution in [0.4, 0.5) is 16.2 Å². The first-order valence-corrected chi connectivity index (χ1v) is 8.96. The monoisotopic (exact) mass is 352 g/mol. The number of anilines is 2. The van der Waals surface area contributed by atoms with Gasteiger partial charge in [-0.3, -0.25) is 4.79 Å². The first-order chi connectivity index (χ1) is 12.7. The lowest BCUT2D eigenvalue weighted by molar-refractivity contribution is -0.146. The summed E-state index contributed by atoms with van der Waals surface area (Å²) in [4.78, 5) is 23.7. The molecule has 0 bridgehead atoms. The van der Waals surface area contributed by atoms with E-state index in [1.807, 2.05) is 42.5 Å². The van der Waals surface area contributed by atoms with E-state index in [0.29, 0.717) is 5.92 Å². The average molecular weight is 352 g/mol. The van der Waals surface area contributed by atoms with Gasteiger partial charge in [0.1, 0.15) is 0 Å². The number of carbonyl (C=O) groups is 2. The minimum Gasteiger partial charge on any atom is -0.469 e. The van der Waals surface area contributed by atoms with Crippen molar-refractivity contribution in [1.82, 2.24) is 0 Å². The third kappa shape index (κ3) is 4.63. The minimum absolute atomic E-state index is 0.0406. The van der Waals surface area contributed by atoms with Crippen LogP contribution in [0.25, 0.3) is 0 Å². The molecule has 5 heteroatoms. The van der Waals surface area contributed by atoms with E-state index in [4.69, 9.17) is 4.74 Å². The Morgan fingerprint density at radius 3 is 2.00 bits per heavy atom. The highest BCUT2D eigenvalue weighted by atomic mass is 16.5. The van der Waals surface area contributed by atoms with Gasteiger partial charge in [0.15, 0.2) is 0 Å². The van der Waals surface area contributed by atoms with E-state index < -0.39 is 0 Å². The number of esters is 1. The number of nitrogens with one attached hydrogen (secondary N) is 2. The van der Waals surface area contributed by atoms with Crippen LogP contribution in [0.15, 0.2) is 54.6 Å². The molecule has 0 radical (unpaired) electrons. The van der Waals surface area contributed by atoms with Crippen LogP contribution >= 0.6 is 0 Å². The maximum Gasteiger partial charge on any atom is 0.323 e. The van der Waals surface area contributed by atoms with Crippen LogP contribution in [0.5, 0.6) is 0 Å². The van der Waals surface area contributed by atoms with Crippen molar-refractivity contribution in [2.75, 3.05) is 17.7 Å². The van der Waals surface area contributed by atoms with E-state index in [0.717, 1.165) is 37.1 Å². The van der Waals surface area contributed by atoms with Crippen LogP contribution in [0.2, 0.25) is 0 Å². The second kappa shape index (κ2) is 8.52. The highest BCUT2D eigenvalue weighted by Crippen LogP contribution is 2.36. The topological polar surface area (TPSA) is 67.4 Å². The predicted octanol–water partition coefficient (Wildman–Crippen LogP) is 4.78. The molecule has 2 N–H and O–H groups in total. The Bertz CT molecular complexity index is 736. The van der Waals surface area contributed by atoms with Crippen LogP contribution < -0.4 is 10.6 Å². The Kier molecular flexibility index (Phi) is 5.89. The van der Waals surface area contributed by atoms with Gasteiger partial charge in [-0.25, -0.2) is 4.79 Å². The van der Waals surface area contributed by atoms with Crippen LogP contribution in [-0.2, 0) is 9.53 Å². The van der Waals surface area contributed by atoms with Crippen LogP contribution in [0.1, 0.15) is 37.2 Å². The quantitative estimate of drug-likeness (QED) is 0.778. The van der Waals surface area contributed by atoms with Crippen molar-refractivity contribution in [2.24, 2.45) is 5.92 Å². The van der Waals surface area contributed by atoms with Crippen molar-refractivity contribution < 1.29 is 14.3 Å². The van der Waals surface area contributed by atoms with Gasteiger partial charge < -0.3 is 15.4 Å². The Morgan fingerprint density at radius 1 is 0.846 bits per heavy atom. The highest BCUT2D eigenvalue weighted by molar-refractivity contribution is 5.99. The molecule has 0 atom stereocenters. The molecule has 2 amide bonds. The van der Waals surface area contributed by atoms with Gasteiger partial charge in [-0.15, -0.1) is 0 Å². The van der Waals surface area contributed by atoms with Crippen molar-refractivity contribution in [3.05, 3.63) is 60.2 Å². The molecular formula is C21H24N2O3. The number of methoxy groups -OCH3 is 1. The predicted molar refractivity (Wildman–Crippen MR) is 102 cm³/mol. The number of carbonyl (C=O) groups excluding carboxylic acids is 2. The standard InChI is InChI=1S/C21H24N2O3/c1-26-20(24)17-9-7-15(8-10-17)16-11-13-19(14-12-16)23-21(25)22-18-5-3-2-4-6-18/h2-6,11-15,17H,7-10H2,1H3,(H2,22,23,25). The molecule has 0 aromatic heterocycles. The van der Waals surface area contributed by atoms with Crippen molar-refractivity contribution in [3.63, 3.8) is 0 Å². The molecule has 0 heterocycles. The first-order valence-electron chi connectivity index (χ1n) is 8.96. The minimum atomic E-state index is -0.262. The van der Waals surface area contributed by atoms with E-state index in [-0.39, 0.29) is 17.9 Å². The molecule has 1 aliphatic carbocycles. The lowest BCUT2D eigenvalue weighted by atomic mass is 9.79. The summed E-state index contributed by atoms with van der Waals surface area (Å²) >= 11 is 0. The Hall–Kier alpha value is -2.82. The number of hydrogen-bond acceptors (Lipinski definition) is 3. The van der Waals surface area contributed by atoms with E-state index >= 15 is 0 Å². The second-order valence-electron chi connectivity index (χ2n) is 6.64. The van der Waals surface area contributed by atoms with Gasteiger partial charge in [0.2, 0.25) is 0 Å². The lowest BCUT2D eigenvalue weighted by Gasteiger charge is -2.27. The number of rotatable bonds is 4. The van der Waals surface area contributed by atoms with Gasteiger partial charge in [0, 0.05) is 11.4 Å². The average Bonchev–Trinajstić information content (AvgIpc) is 2.69. The van der Waals surface area contributed by atoms with Crippen LogP contribution in [0, 0.1) is 5.92 Å². The molecule has 1 aliphatic rings. The van der Waals surface area contributed by atoms with E-state index in [1.54, 1.807) is 0 Å². The number of para-hydroxylation sites is 1. The smallest absolute Gasteiger partial charge is 0.323 e. The fourth-order valence-corrected chi connectivity index (χ4v) is 3.48. The molecule has 0 spiro atoms. The summed E-state index contributed by atoms with van der Waals surface area (Å²) in [6.45, 7) is 0. The lowest BCUT2D eigenvalue weighted by Crippen LogP contribution is -2.22. The number of amides is 2. The molecule has 0 saturated heterocycles. The Labute approximate surface area is 153 Å². The van der Waals surface area contributed by atoms with Crippen molar-refractivity contribution >= 4 is 23.4 Å². The molecule has 2 aromatic rings. The SMILES string of the molecule is COC(=O)C1CCC(c2ccc(NC(=O)Nc3ccccc3)cc2)CC1. The van der Waals surface area contributed by atoms with E-state index in [1.165, 1.54) is 12.7 Å². The number of ether oxygens (including phenoxy) is 1. The third-order valence-electron chi connectivity index (χ3n) is 4.93. The van der Waals surface area contributed by atoms with Crippen molar-refractivity contribution in [3.8, 4) is 0 Å². The fourth-order valence-electron chi connectivity index (χ4n) is 3.48. The van der Waals surface area contributed by atoms with Gasteiger partial charge in [-0.05, 0) is 61.4 Å². The molecule has 26 heavy (non-hydrogen) atoms. The molecule has 2 aromatic carbocycles. The van der Waals surface area contributed by atoms with Crippen molar-refractivity contribution in [2.45, 2.75) is 31.6 Å². The zero-order chi connectivity index (χ0) is 18.4. The summed E-state index contributed by atoms with van der Waals surface area (Å²) in [5.74, 6) is 0.411. The molecule has 136 valence electrons. The molecule has 0 aliphatic heterocycles. The van der Waals surface area contributed by atoms with E-state index in [9.17, 15) is 9.59 Å². The zero-order valence-electron chi connectivity index (χ0n) is 14.9. The summed E-state index contributed by atoms with van der Waals surface area (Å²) < 4.78 is 4.84. The van der Waals surface area contributed by atoms with Gasteiger partial charge in [0.05, 0.1) is 13.0 Å². The molecular weight excluding hydrogens is 328 g/mol. The summed E-state index contributed by atoms with van der Waals surface area (Å²) in [6.07, 6.45) is 3.72. The summed E-state index contributed by atoms with van der Waals surface area (Å²) in [5.41, 5.74) is 2.76. The van der Waals surface area contributed by atoms with E-state index in [2.05, 4.69) is 22.8 Å². The molecule has 0 unspecified atom stereocenters. The second-order valence-corrected chi connectivity index (χ2v) is 6.64. The first kappa shape index (κ1) is 18.0. The molecule has 5 nitrogen and oxygen atoms in total. The summed E-state index contributed by atoms with van der Waals surface area (Å²) in [5, 5.41) is 5.63. The summed E-state index contributed by atoms with van der Waals surface area (Å²) in [6, 6.07) is 17.0.